The normalized spacial score (nSPS) is 15.0. The van der Waals surface area contributed by atoms with Crippen molar-refractivity contribution in [1.82, 2.24) is 29.4 Å². The number of hydrogen-bond donors (Lipinski definition) is 1. The van der Waals surface area contributed by atoms with Gasteiger partial charge in [-0.05, 0) is 66.9 Å². The Morgan fingerprint density at radius 1 is 0.971 bits per heavy atom. The summed E-state index contributed by atoms with van der Waals surface area (Å²) in [6.07, 6.45) is 7.55. The summed E-state index contributed by atoms with van der Waals surface area (Å²) in [4.78, 5) is 20.4. The summed E-state index contributed by atoms with van der Waals surface area (Å²) in [5, 5.41) is 2.82. The van der Waals surface area contributed by atoms with Crippen molar-refractivity contribution < 1.29 is 4.74 Å². The molecule has 0 spiro atoms. The van der Waals surface area contributed by atoms with E-state index in [-0.39, 0.29) is 6.10 Å². The van der Waals surface area contributed by atoms with E-state index in [1.165, 1.54) is 5.56 Å². The molecule has 1 aliphatic heterocycles. The fourth-order valence-corrected chi connectivity index (χ4v) is 5.15. The molecule has 0 bridgehead atoms. The molecule has 1 aliphatic rings. The van der Waals surface area contributed by atoms with E-state index in [1.807, 2.05) is 41.8 Å². The molecule has 4 aromatic heterocycles. The first-order chi connectivity index (χ1) is 17.2. The second kappa shape index (κ2) is 9.44. The van der Waals surface area contributed by atoms with E-state index in [2.05, 4.69) is 36.6 Å². The summed E-state index contributed by atoms with van der Waals surface area (Å²) < 4.78 is 8.39. The van der Waals surface area contributed by atoms with Crippen LogP contribution in [0.1, 0.15) is 18.4 Å². The lowest BCUT2D eigenvalue weighted by Crippen LogP contribution is -2.37. The average Bonchev–Trinajstić information content (AvgIpc) is 3.54. The third-order valence-corrected chi connectivity index (χ3v) is 6.99. The third kappa shape index (κ3) is 4.60. The van der Waals surface area contributed by atoms with Crippen LogP contribution in [0.25, 0.3) is 27.7 Å². The Labute approximate surface area is 207 Å². The molecule has 8 nitrogen and oxygen atoms in total. The quantitative estimate of drug-likeness (QED) is 0.378. The number of likely N-dealkylation sites (tertiary alicyclic amines) is 1. The van der Waals surface area contributed by atoms with Gasteiger partial charge in [-0.15, -0.1) is 11.3 Å². The Morgan fingerprint density at radius 2 is 1.83 bits per heavy atom. The molecule has 5 heterocycles. The van der Waals surface area contributed by atoms with Crippen molar-refractivity contribution in [1.29, 1.82) is 0 Å². The Balaban J connectivity index is 1.14. The van der Waals surface area contributed by atoms with E-state index < -0.39 is 0 Å². The zero-order chi connectivity index (χ0) is 23.6. The number of nitrogens with two attached hydrogens (primary N) is 1. The molecule has 176 valence electrons. The summed E-state index contributed by atoms with van der Waals surface area (Å²) in [5.41, 5.74) is 9.66. The monoisotopic (exact) mass is 483 g/mol. The minimum Gasteiger partial charge on any atom is -0.490 e. The predicted molar refractivity (Wildman–Crippen MR) is 138 cm³/mol. The maximum Gasteiger partial charge on any atom is 0.176 e. The number of rotatable bonds is 6. The first-order valence-electron chi connectivity index (χ1n) is 11.7. The highest BCUT2D eigenvalue weighted by Crippen LogP contribution is 2.30. The van der Waals surface area contributed by atoms with E-state index in [0.29, 0.717) is 5.82 Å². The Kier molecular flexibility index (Phi) is 5.85. The smallest absolute Gasteiger partial charge is 0.176 e. The van der Waals surface area contributed by atoms with Crippen LogP contribution in [0.4, 0.5) is 5.82 Å². The molecular formula is C26H25N7OS. The highest BCUT2D eigenvalue weighted by atomic mass is 32.1. The van der Waals surface area contributed by atoms with Crippen molar-refractivity contribution in [3.8, 4) is 22.3 Å². The van der Waals surface area contributed by atoms with Gasteiger partial charge < -0.3 is 10.5 Å². The minimum absolute atomic E-state index is 0.209. The third-order valence-electron chi connectivity index (χ3n) is 6.22. The Morgan fingerprint density at radius 3 is 2.60 bits per heavy atom. The van der Waals surface area contributed by atoms with E-state index in [0.717, 1.165) is 65.9 Å². The second-order valence-electron chi connectivity index (χ2n) is 8.63. The molecule has 5 aromatic rings. The van der Waals surface area contributed by atoms with Crippen molar-refractivity contribution in [3.05, 3.63) is 78.1 Å². The summed E-state index contributed by atoms with van der Waals surface area (Å²) in [6.45, 7) is 2.88. The van der Waals surface area contributed by atoms with Gasteiger partial charge in [-0.2, -0.15) is 0 Å². The molecule has 0 amide bonds. The molecule has 0 aliphatic carbocycles. The van der Waals surface area contributed by atoms with Gasteiger partial charge in [-0.25, -0.2) is 19.9 Å². The van der Waals surface area contributed by atoms with Crippen molar-refractivity contribution in [2.75, 3.05) is 18.8 Å². The number of piperidine rings is 1. The lowest BCUT2D eigenvalue weighted by atomic mass is 10.1. The molecular weight excluding hydrogens is 458 g/mol. The first-order valence-corrected chi connectivity index (χ1v) is 12.5. The molecule has 2 N–H and O–H groups in total. The standard InChI is InChI=1S/C26H25N7OS/c27-23-16-18(7-11-28-23)17-32-13-8-21(9-14-32)34-20-5-3-19(4-6-20)33-24-22(2-1-10-29-24)31-25(33)26-30-12-15-35-26/h1-7,10-12,15-16,21H,8-9,13-14,17H2,(H2,27,28). The lowest BCUT2D eigenvalue weighted by Gasteiger charge is -2.32. The van der Waals surface area contributed by atoms with Crippen LogP contribution in [-0.2, 0) is 6.54 Å². The Bertz CT molecular complexity index is 1420. The highest BCUT2D eigenvalue weighted by Gasteiger charge is 2.21. The molecule has 1 aromatic carbocycles. The molecule has 9 heteroatoms. The largest absolute Gasteiger partial charge is 0.490 e. The molecule has 1 saturated heterocycles. The number of thiazole rings is 1. The molecule has 35 heavy (non-hydrogen) atoms. The number of nitrogens with zero attached hydrogens (tertiary/aromatic N) is 6. The van der Waals surface area contributed by atoms with Crippen LogP contribution in [0, 0.1) is 0 Å². The van der Waals surface area contributed by atoms with Gasteiger partial charge in [0, 0.05) is 49.3 Å². The van der Waals surface area contributed by atoms with Crippen molar-refractivity contribution in [3.63, 3.8) is 0 Å². The van der Waals surface area contributed by atoms with Crippen LogP contribution in [-0.4, -0.2) is 48.6 Å². The number of hydrogen-bond acceptors (Lipinski definition) is 8. The van der Waals surface area contributed by atoms with Crippen molar-refractivity contribution in [2.45, 2.75) is 25.5 Å². The topological polar surface area (TPSA) is 95.0 Å². The van der Waals surface area contributed by atoms with Gasteiger partial charge in [0.05, 0.1) is 0 Å². The Hall–Kier alpha value is -3.82. The number of ether oxygens (including phenoxy) is 1. The maximum atomic E-state index is 6.33. The van der Waals surface area contributed by atoms with E-state index in [9.17, 15) is 0 Å². The maximum absolute atomic E-state index is 6.33. The molecule has 0 radical (unpaired) electrons. The SMILES string of the molecule is Nc1cc(CN2CCC(Oc3ccc(-n4c(-c5nccs5)nc5cccnc54)cc3)CC2)ccn1. The van der Waals surface area contributed by atoms with E-state index >= 15 is 0 Å². The number of fused-ring (bicyclic) bond motifs is 1. The van der Waals surface area contributed by atoms with Crippen molar-refractivity contribution >= 4 is 28.3 Å². The average molecular weight is 484 g/mol. The van der Waals surface area contributed by atoms with Gasteiger partial charge in [0.2, 0.25) is 0 Å². The summed E-state index contributed by atoms with van der Waals surface area (Å²) >= 11 is 1.57. The number of imidazole rings is 1. The van der Waals surface area contributed by atoms with Gasteiger partial charge >= 0.3 is 0 Å². The predicted octanol–water partition coefficient (Wildman–Crippen LogP) is 4.56. The van der Waals surface area contributed by atoms with E-state index in [4.69, 9.17) is 15.5 Å². The molecule has 6 rings (SSSR count). The van der Waals surface area contributed by atoms with Crippen LogP contribution in [0.2, 0.25) is 0 Å². The van der Waals surface area contributed by atoms with E-state index in [1.54, 1.807) is 29.9 Å². The summed E-state index contributed by atoms with van der Waals surface area (Å²) in [7, 11) is 0. The minimum atomic E-state index is 0.209. The molecule has 0 saturated carbocycles. The molecule has 0 unspecified atom stereocenters. The van der Waals surface area contributed by atoms with Gasteiger partial charge in [0.15, 0.2) is 16.5 Å². The zero-order valence-corrected chi connectivity index (χ0v) is 19.9. The van der Waals surface area contributed by atoms with Crippen molar-refractivity contribution in [2.24, 2.45) is 0 Å². The number of anilines is 1. The number of benzene rings is 1. The summed E-state index contributed by atoms with van der Waals surface area (Å²) in [6, 6.07) is 16.0. The molecule has 0 atom stereocenters. The van der Waals surface area contributed by atoms with Crippen LogP contribution in [0.3, 0.4) is 0 Å². The number of nitrogen functional groups attached to an aromatic ring is 1. The molecule has 1 fully saturated rings. The zero-order valence-electron chi connectivity index (χ0n) is 19.1. The first kappa shape index (κ1) is 21.7. The fraction of sp³-hybridized carbons (Fsp3) is 0.231. The van der Waals surface area contributed by atoms with Gasteiger partial charge in [0.1, 0.15) is 23.2 Å². The number of aromatic nitrogens is 5. The van der Waals surface area contributed by atoms with Gasteiger partial charge in [0.25, 0.3) is 0 Å². The lowest BCUT2D eigenvalue weighted by molar-refractivity contribution is 0.0968. The van der Waals surface area contributed by atoms with Crippen LogP contribution < -0.4 is 10.5 Å². The second-order valence-corrected chi connectivity index (χ2v) is 9.52. The highest BCUT2D eigenvalue weighted by molar-refractivity contribution is 7.13. The van der Waals surface area contributed by atoms with Crippen LogP contribution >= 0.6 is 11.3 Å². The fourth-order valence-electron chi connectivity index (χ4n) is 4.54. The van der Waals surface area contributed by atoms with Gasteiger partial charge in [-0.1, -0.05) is 0 Å². The number of pyridine rings is 2. The van der Waals surface area contributed by atoms with Crippen LogP contribution in [0.15, 0.2) is 72.5 Å². The van der Waals surface area contributed by atoms with Crippen LogP contribution in [0.5, 0.6) is 5.75 Å². The summed E-state index contributed by atoms with van der Waals surface area (Å²) in [5.74, 6) is 2.25. The van der Waals surface area contributed by atoms with Gasteiger partial charge in [-0.3, -0.25) is 9.47 Å².